The predicted molar refractivity (Wildman–Crippen MR) is 144 cm³/mol. The molecule has 0 saturated carbocycles. The average molecular weight is 531 g/mol. The molecule has 0 spiro atoms. The van der Waals surface area contributed by atoms with Gasteiger partial charge in [0.15, 0.2) is 0 Å². The molecule has 0 aromatic heterocycles. The molecule has 0 aliphatic carbocycles. The van der Waals surface area contributed by atoms with Gasteiger partial charge in [-0.25, -0.2) is 8.42 Å². The van der Waals surface area contributed by atoms with E-state index in [1.807, 2.05) is 0 Å². The van der Waals surface area contributed by atoms with E-state index in [0.717, 1.165) is 12.1 Å². The molecule has 0 radical (unpaired) electrons. The molecule has 0 atom stereocenters. The second-order valence-corrected chi connectivity index (χ2v) is 9.53. The van der Waals surface area contributed by atoms with Crippen LogP contribution in [0.25, 0.3) is 0 Å². The van der Waals surface area contributed by atoms with Gasteiger partial charge in [-0.1, -0.05) is 72.8 Å². The maximum absolute atomic E-state index is 13.4. The van der Waals surface area contributed by atoms with Crippen molar-refractivity contribution in [3.8, 4) is 5.75 Å². The summed E-state index contributed by atoms with van der Waals surface area (Å²) in [5.74, 6) is -0.142. The summed E-state index contributed by atoms with van der Waals surface area (Å²) in [4.78, 5) is 23.6. The number of benzene rings is 4. The van der Waals surface area contributed by atoms with Crippen LogP contribution in [-0.2, 0) is 10.0 Å². The van der Waals surface area contributed by atoms with Crippen LogP contribution in [0.1, 0.15) is 15.9 Å². The van der Waals surface area contributed by atoms with Gasteiger partial charge in [-0.2, -0.15) is 5.10 Å². The Morgan fingerprint density at radius 3 is 2.08 bits per heavy atom. The topological polar surface area (TPSA) is 140 Å². The summed E-state index contributed by atoms with van der Waals surface area (Å²) in [6.07, 6.45) is 0. The highest BCUT2D eigenvalue weighted by Gasteiger charge is 2.24. The van der Waals surface area contributed by atoms with Crippen molar-refractivity contribution >= 4 is 38.6 Å². The van der Waals surface area contributed by atoms with E-state index in [1.54, 1.807) is 78.9 Å². The van der Waals surface area contributed by atoms with Crippen molar-refractivity contribution in [2.75, 3.05) is 17.3 Å². The number of nitro benzene ring substituents is 1. The Balaban J connectivity index is 1.78. The Bertz CT molecular complexity index is 1610. The van der Waals surface area contributed by atoms with Crippen LogP contribution in [0.5, 0.6) is 5.75 Å². The van der Waals surface area contributed by atoms with Crippen molar-refractivity contribution in [3.63, 3.8) is 0 Å². The summed E-state index contributed by atoms with van der Waals surface area (Å²) in [6.45, 7) is 0. The normalized spacial score (nSPS) is 11.4. The predicted octanol–water partition coefficient (Wildman–Crippen LogP) is 5.10. The lowest BCUT2D eigenvalue weighted by atomic mass is 10.0. The van der Waals surface area contributed by atoms with Crippen LogP contribution in [0, 0.1) is 10.1 Å². The first-order valence-electron chi connectivity index (χ1n) is 11.2. The Morgan fingerprint density at radius 2 is 1.45 bits per heavy atom. The third kappa shape index (κ3) is 5.85. The number of methoxy groups -OCH3 is 1. The van der Waals surface area contributed by atoms with Crippen LogP contribution in [0.4, 0.5) is 17.1 Å². The molecule has 0 fully saturated rings. The number of Topliss-reactive ketones (excluding diaryl/α,β-unsaturated/α-hetero) is 1. The van der Waals surface area contributed by atoms with Crippen LogP contribution in [-0.4, -0.2) is 31.9 Å². The summed E-state index contributed by atoms with van der Waals surface area (Å²) < 4.78 is 34.4. The van der Waals surface area contributed by atoms with E-state index in [4.69, 9.17) is 4.74 Å². The zero-order valence-electron chi connectivity index (χ0n) is 20.1. The molecule has 4 aromatic rings. The van der Waals surface area contributed by atoms with Gasteiger partial charge in [0.05, 0.1) is 23.4 Å². The molecule has 10 nitrogen and oxygen atoms in total. The number of sulfonamides is 1. The van der Waals surface area contributed by atoms with E-state index in [1.165, 1.54) is 19.2 Å². The molecule has 0 bridgehead atoms. The molecule has 4 aromatic carbocycles. The van der Waals surface area contributed by atoms with E-state index < -0.39 is 31.3 Å². The monoisotopic (exact) mass is 530 g/mol. The van der Waals surface area contributed by atoms with E-state index >= 15 is 0 Å². The smallest absolute Gasteiger partial charge is 0.270 e. The average Bonchev–Trinajstić information content (AvgIpc) is 2.94. The molecule has 0 unspecified atom stereocenters. The minimum Gasteiger partial charge on any atom is -0.495 e. The van der Waals surface area contributed by atoms with E-state index in [-0.39, 0.29) is 22.8 Å². The fourth-order valence-electron chi connectivity index (χ4n) is 3.55. The summed E-state index contributed by atoms with van der Waals surface area (Å²) in [5.41, 5.74) is 3.16. The zero-order chi connectivity index (χ0) is 27.1. The Morgan fingerprint density at radius 1 is 0.842 bits per heavy atom. The number of carbonyl (C=O) groups is 1. The highest BCUT2D eigenvalue weighted by Crippen LogP contribution is 2.31. The molecule has 0 saturated heterocycles. The molecular weight excluding hydrogens is 508 g/mol. The second kappa shape index (κ2) is 11.4. The summed E-state index contributed by atoms with van der Waals surface area (Å²) in [7, 11) is -2.98. The number of carbonyl (C=O) groups excluding carboxylic acids is 1. The maximum atomic E-state index is 13.4. The van der Waals surface area contributed by atoms with E-state index in [0.29, 0.717) is 11.1 Å². The van der Waals surface area contributed by atoms with Crippen molar-refractivity contribution in [1.82, 2.24) is 0 Å². The number of para-hydroxylation sites is 2. The number of hydrogen-bond donors (Lipinski definition) is 2. The minimum absolute atomic E-state index is 0.0242. The molecule has 0 aliphatic rings. The van der Waals surface area contributed by atoms with Gasteiger partial charge in [-0.05, 0) is 18.2 Å². The van der Waals surface area contributed by atoms with Crippen molar-refractivity contribution in [2.45, 2.75) is 4.90 Å². The first-order chi connectivity index (χ1) is 18.3. The Labute approximate surface area is 218 Å². The van der Waals surface area contributed by atoms with Gasteiger partial charge in [0.25, 0.3) is 15.7 Å². The number of nitrogens with zero attached hydrogens (tertiary/aromatic N) is 2. The number of anilines is 2. The molecule has 2 N–H and O–H groups in total. The highest BCUT2D eigenvalue weighted by atomic mass is 32.2. The molecule has 0 aliphatic heterocycles. The van der Waals surface area contributed by atoms with Crippen LogP contribution in [0.2, 0.25) is 0 Å². The van der Waals surface area contributed by atoms with E-state index in [2.05, 4.69) is 15.2 Å². The number of rotatable bonds is 10. The van der Waals surface area contributed by atoms with Crippen LogP contribution in [0.3, 0.4) is 0 Å². The fraction of sp³-hybridized carbons (Fsp3) is 0.0370. The summed E-state index contributed by atoms with van der Waals surface area (Å²) in [6, 6.07) is 26.7. The van der Waals surface area contributed by atoms with Crippen molar-refractivity contribution in [2.24, 2.45) is 5.10 Å². The third-order valence-corrected chi connectivity index (χ3v) is 6.81. The number of ketones is 1. The molecule has 0 heterocycles. The number of ether oxygens (including phenoxy) is 1. The lowest BCUT2D eigenvalue weighted by molar-refractivity contribution is -0.385. The maximum Gasteiger partial charge on any atom is 0.270 e. The number of nitrogens with one attached hydrogen (secondary N) is 2. The lowest BCUT2D eigenvalue weighted by Gasteiger charge is -2.14. The third-order valence-electron chi connectivity index (χ3n) is 5.40. The molecular formula is C27H22N4O6S. The number of nitro groups is 1. The molecule has 11 heteroatoms. The fourth-order valence-corrected chi connectivity index (χ4v) is 4.80. The quantitative estimate of drug-likeness (QED) is 0.126. The molecule has 38 heavy (non-hydrogen) atoms. The summed E-state index contributed by atoms with van der Waals surface area (Å²) in [5, 5.41) is 15.7. The van der Waals surface area contributed by atoms with Gasteiger partial charge < -0.3 is 4.74 Å². The largest absolute Gasteiger partial charge is 0.495 e. The Kier molecular flexibility index (Phi) is 7.78. The molecule has 4 rings (SSSR count). The van der Waals surface area contributed by atoms with Gasteiger partial charge >= 0.3 is 0 Å². The second-order valence-electron chi connectivity index (χ2n) is 7.88. The minimum atomic E-state index is -4.37. The molecule has 192 valence electrons. The van der Waals surface area contributed by atoms with Gasteiger partial charge in [0.2, 0.25) is 5.78 Å². The SMILES string of the molecule is COc1ccccc1NS(=O)(=O)c1cc([N+](=O)[O-])ccc1N/N=C(\C(=O)c1ccccc1)c1ccccc1. The van der Waals surface area contributed by atoms with Crippen molar-refractivity contribution in [1.29, 1.82) is 0 Å². The lowest BCUT2D eigenvalue weighted by Crippen LogP contribution is -2.19. The zero-order valence-corrected chi connectivity index (χ0v) is 20.9. The number of hydrazone groups is 1. The summed E-state index contributed by atoms with van der Waals surface area (Å²) >= 11 is 0. The number of hydrogen-bond acceptors (Lipinski definition) is 8. The van der Waals surface area contributed by atoms with E-state index in [9.17, 15) is 23.3 Å². The van der Waals surface area contributed by atoms with Crippen LogP contribution >= 0.6 is 0 Å². The van der Waals surface area contributed by atoms with Gasteiger partial charge in [0, 0.05) is 23.3 Å². The van der Waals surface area contributed by atoms with Gasteiger partial charge in [0.1, 0.15) is 16.4 Å². The molecule has 0 amide bonds. The first-order valence-corrected chi connectivity index (χ1v) is 12.7. The standard InChI is InChI=1S/C27H22N4O6S/c1-37-24-15-9-8-14-22(24)30-38(35,36)25-18-21(31(33)34)16-17-23(25)28-29-26(19-10-4-2-5-11-19)27(32)20-12-6-3-7-13-20/h2-18,28,30H,1H3/b29-26-. The van der Waals surface area contributed by atoms with Crippen molar-refractivity contribution in [3.05, 3.63) is 124 Å². The Hall–Kier alpha value is -5.03. The van der Waals surface area contributed by atoms with Crippen LogP contribution < -0.4 is 14.9 Å². The van der Waals surface area contributed by atoms with Gasteiger partial charge in [-0.15, -0.1) is 0 Å². The van der Waals surface area contributed by atoms with Crippen LogP contribution in [0.15, 0.2) is 113 Å². The highest BCUT2D eigenvalue weighted by molar-refractivity contribution is 7.93. The first kappa shape index (κ1) is 26.0. The number of non-ortho nitro benzene ring substituents is 1. The van der Waals surface area contributed by atoms with Crippen molar-refractivity contribution < 1.29 is 22.9 Å². The van der Waals surface area contributed by atoms with Gasteiger partial charge in [-0.3, -0.25) is 25.1 Å².